The zero-order valence-corrected chi connectivity index (χ0v) is 8.41. The number of sulfone groups is 1. The lowest BCUT2D eigenvalue weighted by Gasteiger charge is -2.20. The summed E-state index contributed by atoms with van der Waals surface area (Å²) in [6, 6.07) is 0. The van der Waals surface area contributed by atoms with Gasteiger partial charge in [-0.1, -0.05) is 0 Å². The van der Waals surface area contributed by atoms with Crippen molar-refractivity contribution < 1.29 is 8.42 Å². The molecule has 2 fully saturated rings. The van der Waals surface area contributed by atoms with E-state index >= 15 is 0 Å². The van der Waals surface area contributed by atoms with Crippen molar-refractivity contribution in [1.29, 1.82) is 0 Å². The fourth-order valence-corrected chi connectivity index (χ4v) is 6.21. The highest BCUT2D eigenvalue weighted by molar-refractivity contribution is 8.02. The molecule has 0 spiro atoms. The molecule has 2 rings (SSSR count). The van der Waals surface area contributed by atoms with E-state index in [0.717, 1.165) is 0 Å². The first kappa shape index (κ1) is 8.80. The lowest BCUT2D eigenvalue weighted by molar-refractivity contribution is 0.427. The van der Waals surface area contributed by atoms with Gasteiger partial charge in [0.2, 0.25) is 0 Å². The van der Waals surface area contributed by atoms with Gasteiger partial charge in [0.15, 0.2) is 9.84 Å². The summed E-state index contributed by atoms with van der Waals surface area (Å²) < 4.78 is 22.5. The molecule has 0 aromatic carbocycles. The van der Waals surface area contributed by atoms with Gasteiger partial charge in [0.1, 0.15) is 5.50 Å². The molecule has 2 aliphatic rings. The van der Waals surface area contributed by atoms with Gasteiger partial charge in [-0.2, -0.15) is 0 Å². The van der Waals surface area contributed by atoms with E-state index in [1.807, 2.05) is 6.92 Å². The smallest absolute Gasteiger partial charge is 0.153 e. The SMILES string of the molecule is C[C@]12CS(=O)(=O)C[C@H]1SC(N)N2. The van der Waals surface area contributed by atoms with E-state index in [1.54, 1.807) is 0 Å². The van der Waals surface area contributed by atoms with Gasteiger partial charge in [-0.25, -0.2) is 8.42 Å². The Morgan fingerprint density at radius 2 is 2.33 bits per heavy atom. The first-order valence-corrected chi connectivity index (χ1v) is 6.57. The summed E-state index contributed by atoms with van der Waals surface area (Å²) in [6.07, 6.45) is 0. The van der Waals surface area contributed by atoms with Crippen LogP contribution < -0.4 is 11.1 Å². The Balaban J connectivity index is 2.28. The Labute approximate surface area is 76.2 Å². The number of hydrogen-bond acceptors (Lipinski definition) is 5. The number of rotatable bonds is 0. The molecule has 2 aliphatic heterocycles. The lowest BCUT2D eigenvalue weighted by atomic mass is 10.0. The quantitative estimate of drug-likeness (QED) is 0.541. The summed E-state index contributed by atoms with van der Waals surface area (Å²) in [4.78, 5) is 0. The number of nitrogens with one attached hydrogen (secondary N) is 1. The summed E-state index contributed by atoms with van der Waals surface area (Å²) in [5.74, 6) is 0.500. The van der Waals surface area contributed by atoms with E-state index < -0.39 is 9.84 Å². The first-order chi connectivity index (χ1) is 5.41. The maximum Gasteiger partial charge on any atom is 0.153 e. The highest BCUT2D eigenvalue weighted by Crippen LogP contribution is 2.39. The molecule has 2 heterocycles. The molecule has 0 bridgehead atoms. The Hall–Kier alpha value is 0.220. The third-order valence-corrected chi connectivity index (χ3v) is 5.94. The molecule has 4 nitrogen and oxygen atoms in total. The molecule has 3 N–H and O–H groups in total. The third kappa shape index (κ3) is 1.26. The van der Waals surface area contributed by atoms with Gasteiger partial charge in [-0.3, -0.25) is 5.32 Å². The van der Waals surface area contributed by atoms with E-state index in [0.29, 0.717) is 0 Å². The van der Waals surface area contributed by atoms with Crippen LogP contribution in [0, 0.1) is 0 Å². The van der Waals surface area contributed by atoms with Crippen LogP contribution in [0.4, 0.5) is 0 Å². The van der Waals surface area contributed by atoms with Crippen LogP contribution in [0.3, 0.4) is 0 Å². The minimum absolute atomic E-state index is 0.101. The van der Waals surface area contributed by atoms with Gasteiger partial charge in [0.05, 0.1) is 11.5 Å². The van der Waals surface area contributed by atoms with E-state index in [2.05, 4.69) is 5.32 Å². The monoisotopic (exact) mass is 208 g/mol. The van der Waals surface area contributed by atoms with Gasteiger partial charge in [-0.05, 0) is 6.92 Å². The molecule has 3 atom stereocenters. The topological polar surface area (TPSA) is 72.2 Å². The maximum absolute atomic E-state index is 11.3. The second-order valence-corrected chi connectivity index (χ2v) is 7.12. The average Bonchev–Trinajstić information content (AvgIpc) is 2.11. The lowest BCUT2D eigenvalue weighted by Crippen LogP contribution is -2.48. The average molecular weight is 208 g/mol. The maximum atomic E-state index is 11.3. The van der Waals surface area contributed by atoms with Gasteiger partial charge in [0.25, 0.3) is 0 Å². The highest BCUT2D eigenvalue weighted by Gasteiger charge is 2.52. The normalized spacial score (nSPS) is 50.8. The summed E-state index contributed by atoms with van der Waals surface area (Å²) in [6.45, 7) is 1.93. The molecule has 0 amide bonds. The summed E-state index contributed by atoms with van der Waals surface area (Å²) >= 11 is 1.52. The largest absolute Gasteiger partial charge is 0.307 e. The minimum atomic E-state index is -2.83. The van der Waals surface area contributed by atoms with Crippen LogP contribution in [0.15, 0.2) is 0 Å². The fraction of sp³-hybridized carbons (Fsp3) is 1.00. The Morgan fingerprint density at radius 3 is 2.92 bits per heavy atom. The summed E-state index contributed by atoms with van der Waals surface area (Å²) in [5.41, 5.74) is 5.27. The number of hydrogen-bond donors (Lipinski definition) is 2. The molecule has 1 unspecified atom stereocenters. The van der Waals surface area contributed by atoms with Crippen LogP contribution >= 0.6 is 11.8 Å². The molecule has 6 heteroatoms. The van der Waals surface area contributed by atoms with Gasteiger partial charge in [0, 0.05) is 10.8 Å². The molecule has 0 aromatic heterocycles. The van der Waals surface area contributed by atoms with E-state index in [4.69, 9.17) is 5.73 Å². The predicted molar refractivity (Wildman–Crippen MR) is 49.5 cm³/mol. The number of nitrogens with two attached hydrogens (primary N) is 1. The summed E-state index contributed by atoms with van der Waals surface area (Å²) in [7, 11) is -2.83. The van der Waals surface area contributed by atoms with E-state index in [1.165, 1.54) is 11.8 Å². The van der Waals surface area contributed by atoms with Crippen LogP contribution in [0.25, 0.3) is 0 Å². The number of fused-ring (bicyclic) bond motifs is 1. The molecule has 12 heavy (non-hydrogen) atoms. The Morgan fingerprint density at radius 1 is 1.67 bits per heavy atom. The van der Waals surface area contributed by atoms with Crippen molar-refractivity contribution in [3.05, 3.63) is 0 Å². The Bertz CT molecular complexity index is 303. The summed E-state index contributed by atoms with van der Waals surface area (Å²) in [5, 5.41) is 3.25. The van der Waals surface area contributed by atoms with Crippen molar-refractivity contribution >= 4 is 21.6 Å². The molecular weight excluding hydrogens is 196 g/mol. The molecule has 0 saturated carbocycles. The van der Waals surface area contributed by atoms with Crippen molar-refractivity contribution in [2.45, 2.75) is 23.2 Å². The highest BCUT2D eigenvalue weighted by atomic mass is 32.2. The zero-order valence-electron chi connectivity index (χ0n) is 6.78. The molecular formula is C6H12N2O2S2. The Kier molecular flexibility index (Phi) is 1.74. The van der Waals surface area contributed by atoms with Crippen LogP contribution in [-0.4, -0.2) is 36.2 Å². The second kappa shape index (κ2) is 2.37. The molecule has 70 valence electrons. The predicted octanol–water partition coefficient (Wildman–Crippen LogP) is -0.879. The second-order valence-electron chi connectivity index (χ2n) is 3.66. The number of thioether (sulfide) groups is 1. The van der Waals surface area contributed by atoms with Crippen molar-refractivity contribution in [1.82, 2.24) is 5.32 Å². The first-order valence-electron chi connectivity index (χ1n) is 3.80. The van der Waals surface area contributed by atoms with Crippen molar-refractivity contribution in [2.24, 2.45) is 5.73 Å². The van der Waals surface area contributed by atoms with E-state index in [-0.39, 0.29) is 27.8 Å². The van der Waals surface area contributed by atoms with Crippen LogP contribution in [-0.2, 0) is 9.84 Å². The fourth-order valence-electron chi connectivity index (χ4n) is 1.88. The molecule has 0 aromatic rings. The van der Waals surface area contributed by atoms with E-state index in [9.17, 15) is 8.42 Å². The van der Waals surface area contributed by atoms with Crippen LogP contribution in [0.5, 0.6) is 0 Å². The zero-order chi connectivity index (χ0) is 8.98. The van der Waals surface area contributed by atoms with Gasteiger partial charge >= 0.3 is 0 Å². The standard InChI is InChI=1S/C6H12N2O2S2/c1-6-3-12(9,10)2-4(6)11-5(7)8-6/h4-5,8H,2-3,7H2,1H3/t4-,5?,6+/m1/s1. The third-order valence-electron chi connectivity index (χ3n) is 2.42. The van der Waals surface area contributed by atoms with Crippen molar-refractivity contribution in [2.75, 3.05) is 11.5 Å². The van der Waals surface area contributed by atoms with Gasteiger partial charge in [-0.15, -0.1) is 11.8 Å². The molecule has 0 radical (unpaired) electrons. The minimum Gasteiger partial charge on any atom is -0.307 e. The van der Waals surface area contributed by atoms with Crippen LogP contribution in [0.1, 0.15) is 6.92 Å². The van der Waals surface area contributed by atoms with Crippen molar-refractivity contribution in [3.63, 3.8) is 0 Å². The van der Waals surface area contributed by atoms with Crippen LogP contribution in [0.2, 0.25) is 0 Å². The van der Waals surface area contributed by atoms with Crippen molar-refractivity contribution in [3.8, 4) is 0 Å². The molecule has 2 saturated heterocycles. The van der Waals surface area contributed by atoms with Gasteiger partial charge < -0.3 is 5.73 Å². The molecule has 0 aliphatic carbocycles.